The Morgan fingerprint density at radius 3 is 1.47 bits per heavy atom. The van der Waals surface area contributed by atoms with Gasteiger partial charge in [0.05, 0.1) is 24.9 Å². The number of hydrogen-bond acceptors (Lipinski definition) is 14. The van der Waals surface area contributed by atoms with Crippen molar-refractivity contribution in [2.45, 2.75) is 40.0 Å². The van der Waals surface area contributed by atoms with Crippen molar-refractivity contribution in [2.75, 3.05) is 10.6 Å². The molecule has 362 valence electrons. The van der Waals surface area contributed by atoms with E-state index in [9.17, 15) is 39.0 Å². The number of hydrogen-bond donors (Lipinski definition) is 5. The molecule has 20 nitrogen and oxygen atoms in total. The van der Waals surface area contributed by atoms with Crippen molar-refractivity contribution in [3.63, 3.8) is 0 Å². The van der Waals surface area contributed by atoms with Crippen molar-refractivity contribution in [2.24, 2.45) is 11.8 Å². The number of rotatable bonds is 16. The molecule has 3 heterocycles. The fraction of sp³-hybridized carbons (Fsp3) is 0.170. The minimum absolute atomic E-state index is 0. The summed E-state index contributed by atoms with van der Waals surface area (Å²) in [5.74, 6) is -3.67. The van der Waals surface area contributed by atoms with Crippen LogP contribution in [0.2, 0.25) is 10.0 Å². The van der Waals surface area contributed by atoms with Crippen LogP contribution in [-0.2, 0) is 35.8 Å². The lowest BCUT2D eigenvalue weighted by Gasteiger charge is -2.16. The van der Waals surface area contributed by atoms with Gasteiger partial charge in [0.1, 0.15) is 17.0 Å². The van der Waals surface area contributed by atoms with Crippen molar-refractivity contribution in [3.8, 4) is 17.6 Å². The van der Waals surface area contributed by atoms with E-state index in [-0.39, 0.29) is 63.4 Å². The van der Waals surface area contributed by atoms with Crippen LogP contribution >= 0.6 is 36.7 Å². The summed E-state index contributed by atoms with van der Waals surface area (Å²) in [5, 5.41) is 34.8. The van der Waals surface area contributed by atoms with Crippen LogP contribution in [0, 0.1) is 11.8 Å². The van der Waals surface area contributed by atoms with Crippen LogP contribution in [0.15, 0.2) is 145 Å². The van der Waals surface area contributed by atoms with Gasteiger partial charge >= 0.3 is 40.8 Å². The molecule has 3 aromatic heterocycles. The molecule has 0 saturated heterocycles. The second kappa shape index (κ2) is 22.8. The average Bonchev–Trinajstić information content (AvgIpc) is 3.74. The number of nitrogens with zero attached hydrogens (tertiary/aromatic N) is 7. The van der Waals surface area contributed by atoms with E-state index >= 15 is 0 Å². The van der Waals surface area contributed by atoms with Gasteiger partial charge in [0, 0.05) is 34.5 Å². The maximum atomic E-state index is 13.4. The van der Waals surface area contributed by atoms with E-state index < -0.39 is 46.5 Å². The third-order valence-electron chi connectivity index (χ3n) is 10.3. The van der Waals surface area contributed by atoms with E-state index in [0.29, 0.717) is 38.3 Å². The smallest absolute Gasteiger partial charge is 0.400 e. The van der Waals surface area contributed by atoms with E-state index in [1.165, 1.54) is 35.1 Å². The number of carbonyl (C=O) groups is 2. The molecule has 0 saturated carbocycles. The largest absolute Gasteiger partial charge is 0.508 e. The van der Waals surface area contributed by atoms with Crippen molar-refractivity contribution >= 4 is 83.0 Å². The zero-order chi connectivity index (χ0) is 49.4. The van der Waals surface area contributed by atoms with Crippen LogP contribution < -0.4 is 38.1 Å². The van der Waals surface area contributed by atoms with Crippen molar-refractivity contribution in [1.82, 2.24) is 33.2 Å². The van der Waals surface area contributed by atoms with Gasteiger partial charge < -0.3 is 35.1 Å². The number of para-hydroxylation sites is 2. The number of benzene rings is 5. The number of oxazole rings is 1. The molecule has 0 amide bonds. The predicted molar refractivity (Wildman–Crippen MR) is 266 cm³/mol. The van der Waals surface area contributed by atoms with Crippen molar-refractivity contribution in [1.29, 1.82) is 0 Å². The summed E-state index contributed by atoms with van der Waals surface area (Å²) in [7, 11) is 0. The van der Waals surface area contributed by atoms with E-state index in [1.54, 1.807) is 91.0 Å². The highest BCUT2D eigenvalue weighted by atomic mass is 35.5. The SMILES string of the molecule is C[C@@H](Cn1c(=O)nc(Nc2ccc(O)cc2)n(Cc2ccc(Cl)cc2)c1=O)C(=O)O.C[C@@H](Cn1c(=O)nc(Nc2ccc(Oc3nc4ccccc4o3)cc2)n(Cc2ccc(Cl)cc2)c1=O)C(=O)O.S. The van der Waals surface area contributed by atoms with Crippen LogP contribution in [0.1, 0.15) is 25.0 Å². The quantitative estimate of drug-likeness (QED) is 0.0617. The van der Waals surface area contributed by atoms with E-state index in [0.717, 1.165) is 20.3 Å². The molecule has 0 aliphatic heterocycles. The Balaban J connectivity index is 0.000000234. The Kier molecular flexibility index (Phi) is 16.7. The number of aromatic nitrogens is 7. The molecule has 0 radical (unpaired) electrons. The number of phenols is 1. The van der Waals surface area contributed by atoms with Gasteiger partial charge in [-0.15, -0.1) is 0 Å². The van der Waals surface area contributed by atoms with Crippen LogP contribution in [0.4, 0.5) is 23.3 Å². The molecule has 2 atom stereocenters. The number of fused-ring (bicyclic) bond motifs is 1. The lowest BCUT2D eigenvalue weighted by atomic mass is 10.2. The number of nitrogens with one attached hydrogen (secondary N) is 2. The lowest BCUT2D eigenvalue weighted by Crippen LogP contribution is -2.44. The number of phenolic OH excluding ortho intramolecular Hbond substituents is 1. The molecular formula is C47H43Cl2N9O11S. The maximum absolute atomic E-state index is 13.4. The number of halogens is 2. The fourth-order valence-electron chi connectivity index (χ4n) is 6.50. The molecule has 0 bridgehead atoms. The van der Waals surface area contributed by atoms with Gasteiger partial charge in [0.2, 0.25) is 11.9 Å². The topological polar surface area (TPSA) is 268 Å². The number of ether oxygens (including phenoxy) is 1. The standard InChI is InChI=1S/C27H22ClN5O6.C20H19ClN4O5.H2S/c1-16(23(34)35)14-33-25(36)31-24(32(27(33)37)15-17-6-8-18(28)9-7-17)29-19-10-12-20(13-11-19)38-26-30-21-4-2-3-5-22(21)39-26;1-12(17(27)28)10-25-19(29)23-18(22-15-6-8-16(26)9-7-15)24(20(25)30)11-13-2-4-14(21)5-3-13;/h2-13,16H,14-15H2,1H3,(H,34,35)(H,29,31,36);2-9,12,26H,10-11H2,1H3,(H,27,28)(H,22,23,29);1H2/t16-;12-;/m00./s1. The summed E-state index contributed by atoms with van der Waals surface area (Å²) in [6.07, 6.45) is 0.0922. The van der Waals surface area contributed by atoms with Gasteiger partial charge in [-0.05, 0) is 96.1 Å². The van der Waals surface area contributed by atoms with Gasteiger partial charge in [0.25, 0.3) is 0 Å². The average molecular weight is 1010 g/mol. The first-order valence-corrected chi connectivity index (χ1v) is 21.6. The molecule has 0 fully saturated rings. The zero-order valence-electron chi connectivity index (χ0n) is 37.0. The molecular weight excluding hydrogens is 970 g/mol. The summed E-state index contributed by atoms with van der Waals surface area (Å²) in [6.45, 7) is 2.33. The fourth-order valence-corrected chi connectivity index (χ4v) is 6.75. The summed E-state index contributed by atoms with van der Waals surface area (Å²) in [4.78, 5) is 86.4. The predicted octanol–water partition coefficient (Wildman–Crippen LogP) is 6.89. The normalized spacial score (nSPS) is 11.7. The lowest BCUT2D eigenvalue weighted by molar-refractivity contribution is -0.142. The van der Waals surface area contributed by atoms with Gasteiger partial charge in [-0.25, -0.2) is 28.3 Å². The minimum Gasteiger partial charge on any atom is -0.508 e. The van der Waals surface area contributed by atoms with Crippen LogP contribution in [0.5, 0.6) is 17.6 Å². The van der Waals surface area contributed by atoms with Gasteiger partial charge in [-0.1, -0.05) is 73.4 Å². The Morgan fingerprint density at radius 2 is 1.04 bits per heavy atom. The molecule has 23 heteroatoms. The maximum Gasteiger partial charge on any atom is 0.400 e. The van der Waals surface area contributed by atoms with Crippen LogP contribution in [0.25, 0.3) is 11.1 Å². The number of aliphatic carboxylic acids is 2. The third kappa shape index (κ3) is 12.9. The summed E-state index contributed by atoms with van der Waals surface area (Å²) in [6, 6.07) is 33.6. The number of carboxylic acid groups (broad SMARTS) is 2. The molecule has 8 rings (SSSR count). The summed E-state index contributed by atoms with van der Waals surface area (Å²) in [5.41, 5.74) is 0.634. The molecule has 8 aromatic rings. The highest BCUT2D eigenvalue weighted by Crippen LogP contribution is 2.27. The Hall–Kier alpha value is -8.14. The number of carboxylic acids is 2. The molecule has 0 aliphatic rings. The number of aromatic hydroxyl groups is 1. The molecule has 0 aliphatic carbocycles. The summed E-state index contributed by atoms with van der Waals surface area (Å²) >= 11 is 11.9. The first-order valence-electron chi connectivity index (χ1n) is 20.9. The van der Waals surface area contributed by atoms with Gasteiger partial charge in [0.15, 0.2) is 5.58 Å². The third-order valence-corrected chi connectivity index (χ3v) is 10.8. The van der Waals surface area contributed by atoms with Crippen molar-refractivity contribution in [3.05, 3.63) is 184 Å². The second-order valence-corrected chi connectivity index (χ2v) is 16.4. The first-order chi connectivity index (χ1) is 33.0. The van der Waals surface area contributed by atoms with Gasteiger partial charge in [-0.3, -0.25) is 18.7 Å². The number of anilines is 4. The molecule has 0 spiro atoms. The second-order valence-electron chi connectivity index (χ2n) is 15.5. The highest BCUT2D eigenvalue weighted by Gasteiger charge is 2.21. The molecule has 70 heavy (non-hydrogen) atoms. The molecule has 0 unspecified atom stereocenters. The Labute approximate surface area is 413 Å². The summed E-state index contributed by atoms with van der Waals surface area (Å²) < 4.78 is 15.4. The molecule has 5 N–H and O–H groups in total. The highest BCUT2D eigenvalue weighted by molar-refractivity contribution is 7.59. The van der Waals surface area contributed by atoms with Gasteiger partial charge in [-0.2, -0.15) is 28.4 Å². The van der Waals surface area contributed by atoms with E-state index in [1.807, 2.05) is 18.2 Å². The zero-order valence-corrected chi connectivity index (χ0v) is 39.5. The van der Waals surface area contributed by atoms with E-state index in [2.05, 4.69) is 25.6 Å². The minimum atomic E-state index is -1.13. The Morgan fingerprint density at radius 1 is 0.614 bits per heavy atom. The van der Waals surface area contributed by atoms with E-state index in [4.69, 9.17) is 37.5 Å². The van der Waals surface area contributed by atoms with Crippen LogP contribution in [0.3, 0.4) is 0 Å². The van der Waals surface area contributed by atoms with Crippen molar-refractivity contribution < 1.29 is 34.1 Å². The van der Waals surface area contributed by atoms with Crippen LogP contribution in [-0.4, -0.2) is 60.5 Å². The first kappa shape index (κ1) is 51.3. The monoisotopic (exact) mass is 1010 g/mol. The molecule has 5 aromatic carbocycles. The Bertz CT molecular complexity index is 3350.